The molecular weight excluding hydrogens is 387 g/mol. The molecule has 2 atom stereocenters. The van der Waals surface area contributed by atoms with Crippen molar-refractivity contribution < 1.29 is 28.6 Å². The van der Waals surface area contributed by atoms with Gasteiger partial charge in [0.25, 0.3) is 0 Å². The van der Waals surface area contributed by atoms with Crippen LogP contribution in [0.25, 0.3) is 0 Å². The lowest BCUT2D eigenvalue weighted by Crippen LogP contribution is -2.59. The molecule has 0 saturated heterocycles. The van der Waals surface area contributed by atoms with Crippen LogP contribution in [0.5, 0.6) is 5.75 Å². The van der Waals surface area contributed by atoms with Crippen molar-refractivity contribution in [2.24, 2.45) is 5.92 Å². The zero-order valence-corrected chi connectivity index (χ0v) is 17.3. The predicted molar refractivity (Wildman–Crippen MR) is 106 cm³/mol. The molecule has 2 amide bonds. The maximum Gasteiger partial charge on any atom is 0.326 e. The lowest BCUT2D eigenvalue weighted by atomic mass is 10.0. The number of benzene rings is 1. The van der Waals surface area contributed by atoms with Gasteiger partial charge in [-0.1, -0.05) is 13.8 Å². The molecule has 0 heterocycles. The Balaban J connectivity index is 2.63. The van der Waals surface area contributed by atoms with Gasteiger partial charge in [-0.2, -0.15) is 12.6 Å². The minimum absolute atomic E-state index is 0.00172. The van der Waals surface area contributed by atoms with Crippen LogP contribution >= 0.6 is 12.6 Å². The van der Waals surface area contributed by atoms with Crippen LogP contribution < -0.4 is 15.4 Å². The number of thiol groups is 1. The van der Waals surface area contributed by atoms with E-state index in [9.17, 15) is 23.9 Å². The summed E-state index contributed by atoms with van der Waals surface area (Å²) in [7, 11) is 0. The Morgan fingerprint density at radius 3 is 2.29 bits per heavy atom. The molecule has 0 saturated carbocycles. The van der Waals surface area contributed by atoms with E-state index in [1.807, 2.05) is 13.8 Å². The molecule has 0 spiro atoms. The zero-order valence-electron chi connectivity index (χ0n) is 16.4. The number of carboxylic acids is 1. The lowest BCUT2D eigenvalue weighted by Gasteiger charge is -2.29. The quantitative estimate of drug-likeness (QED) is 0.439. The molecule has 0 unspecified atom stereocenters. The van der Waals surface area contributed by atoms with E-state index in [4.69, 9.17) is 4.74 Å². The first-order valence-corrected chi connectivity index (χ1v) is 9.38. The summed E-state index contributed by atoms with van der Waals surface area (Å²) in [6.07, 6.45) is -0.0103. The SMILES string of the molecule is CC(C)[C@H](S)C(=O)NC(C)(C)C(=O)N[C@@H](CCOc1ccc(F)cc1)C(=O)O. The van der Waals surface area contributed by atoms with Crippen molar-refractivity contribution in [1.82, 2.24) is 10.6 Å². The third kappa shape index (κ3) is 7.38. The molecule has 0 aliphatic carbocycles. The molecule has 7 nitrogen and oxygen atoms in total. The Kier molecular flexibility index (Phi) is 8.74. The molecular formula is C19H27FN2O5S. The van der Waals surface area contributed by atoms with Crippen LogP contribution in [-0.2, 0) is 14.4 Å². The third-order valence-electron chi connectivity index (χ3n) is 4.00. The monoisotopic (exact) mass is 414 g/mol. The van der Waals surface area contributed by atoms with Crippen LogP contribution in [0.3, 0.4) is 0 Å². The highest BCUT2D eigenvalue weighted by Gasteiger charge is 2.34. The van der Waals surface area contributed by atoms with Crippen molar-refractivity contribution in [2.75, 3.05) is 6.61 Å². The highest BCUT2D eigenvalue weighted by Crippen LogP contribution is 2.13. The van der Waals surface area contributed by atoms with Gasteiger partial charge in [0.15, 0.2) is 0 Å². The summed E-state index contributed by atoms with van der Waals surface area (Å²) in [6.45, 7) is 6.61. The van der Waals surface area contributed by atoms with E-state index in [-0.39, 0.29) is 18.9 Å². The van der Waals surface area contributed by atoms with Crippen molar-refractivity contribution in [3.05, 3.63) is 30.1 Å². The van der Waals surface area contributed by atoms with Crippen LogP contribution in [0.15, 0.2) is 24.3 Å². The molecule has 0 radical (unpaired) electrons. The van der Waals surface area contributed by atoms with Gasteiger partial charge in [-0.05, 0) is 44.0 Å². The van der Waals surface area contributed by atoms with Crippen molar-refractivity contribution in [2.45, 2.75) is 50.9 Å². The fourth-order valence-electron chi connectivity index (χ4n) is 2.16. The van der Waals surface area contributed by atoms with Crippen LogP contribution in [0.4, 0.5) is 4.39 Å². The number of hydrogen-bond donors (Lipinski definition) is 4. The summed E-state index contributed by atoms with van der Waals surface area (Å²) in [5.41, 5.74) is -1.32. The smallest absolute Gasteiger partial charge is 0.326 e. The topological polar surface area (TPSA) is 105 Å². The number of ether oxygens (including phenoxy) is 1. The van der Waals surface area contributed by atoms with E-state index in [1.165, 1.54) is 38.1 Å². The van der Waals surface area contributed by atoms with Gasteiger partial charge in [0.2, 0.25) is 11.8 Å². The molecule has 3 N–H and O–H groups in total. The highest BCUT2D eigenvalue weighted by molar-refractivity contribution is 7.81. The molecule has 1 rings (SSSR count). The maximum atomic E-state index is 12.9. The Labute approximate surface area is 169 Å². The molecule has 156 valence electrons. The standard InChI is InChI=1S/C19H27FN2O5S/c1-11(2)15(28)16(23)22-19(3,4)18(26)21-14(17(24)25)9-10-27-13-7-5-12(20)6-8-13/h5-8,11,14-15,28H,9-10H2,1-4H3,(H,21,26)(H,22,23)(H,24,25)/t14-,15-/m0/s1. The number of halogens is 1. The van der Waals surface area contributed by atoms with E-state index < -0.39 is 40.4 Å². The van der Waals surface area contributed by atoms with Gasteiger partial charge in [-0.3, -0.25) is 9.59 Å². The molecule has 0 aliphatic rings. The van der Waals surface area contributed by atoms with E-state index in [0.717, 1.165) is 0 Å². The Hall–Kier alpha value is -2.29. The first-order chi connectivity index (χ1) is 12.9. The van der Waals surface area contributed by atoms with Crippen LogP contribution in [0.1, 0.15) is 34.1 Å². The van der Waals surface area contributed by atoms with Gasteiger partial charge in [0, 0.05) is 6.42 Å². The van der Waals surface area contributed by atoms with Crippen LogP contribution in [0, 0.1) is 11.7 Å². The number of carbonyl (C=O) groups excluding carboxylic acids is 2. The second kappa shape index (κ2) is 10.3. The highest BCUT2D eigenvalue weighted by atomic mass is 32.1. The van der Waals surface area contributed by atoms with E-state index in [1.54, 1.807) is 0 Å². The molecule has 28 heavy (non-hydrogen) atoms. The average molecular weight is 414 g/mol. The van der Waals surface area contributed by atoms with Crippen molar-refractivity contribution in [3.8, 4) is 5.75 Å². The number of carboxylic acid groups (broad SMARTS) is 1. The minimum Gasteiger partial charge on any atom is -0.493 e. The molecule has 0 bridgehead atoms. The summed E-state index contributed by atoms with van der Waals surface area (Å²) in [6, 6.07) is 4.09. The fourth-order valence-corrected chi connectivity index (χ4v) is 2.23. The average Bonchev–Trinajstić information content (AvgIpc) is 2.60. The van der Waals surface area contributed by atoms with E-state index >= 15 is 0 Å². The summed E-state index contributed by atoms with van der Waals surface area (Å²) >= 11 is 4.21. The second-order valence-electron chi connectivity index (χ2n) is 7.26. The molecule has 9 heteroatoms. The molecule has 1 aromatic rings. The molecule has 0 fully saturated rings. The van der Waals surface area contributed by atoms with Gasteiger partial charge in [-0.25, -0.2) is 9.18 Å². The molecule has 0 aromatic heterocycles. The summed E-state index contributed by atoms with van der Waals surface area (Å²) in [5.74, 6) is -2.33. The van der Waals surface area contributed by atoms with Gasteiger partial charge < -0.3 is 20.5 Å². The number of amides is 2. The largest absolute Gasteiger partial charge is 0.493 e. The normalized spacial score (nSPS) is 13.5. The number of aliphatic carboxylic acids is 1. The Bertz CT molecular complexity index is 694. The Morgan fingerprint density at radius 1 is 1.21 bits per heavy atom. The fraction of sp³-hybridized carbons (Fsp3) is 0.526. The summed E-state index contributed by atoms with van der Waals surface area (Å²) in [4.78, 5) is 36.1. The van der Waals surface area contributed by atoms with Gasteiger partial charge in [0.05, 0.1) is 11.9 Å². The number of hydrogen-bond acceptors (Lipinski definition) is 5. The van der Waals surface area contributed by atoms with E-state index in [2.05, 4.69) is 23.3 Å². The maximum absolute atomic E-state index is 12.9. The molecule has 0 aliphatic heterocycles. The molecule has 1 aromatic carbocycles. The van der Waals surface area contributed by atoms with Crippen LogP contribution in [-0.4, -0.2) is 46.3 Å². The zero-order chi connectivity index (χ0) is 21.5. The number of rotatable bonds is 10. The summed E-state index contributed by atoms with van der Waals surface area (Å²) in [5, 5.41) is 13.7. The minimum atomic E-state index is -1.32. The summed E-state index contributed by atoms with van der Waals surface area (Å²) < 4.78 is 18.2. The Morgan fingerprint density at radius 2 is 1.79 bits per heavy atom. The lowest BCUT2D eigenvalue weighted by molar-refractivity contribution is -0.143. The third-order valence-corrected chi connectivity index (χ3v) is 4.83. The van der Waals surface area contributed by atoms with Crippen molar-refractivity contribution >= 4 is 30.4 Å². The predicted octanol–water partition coefficient (Wildman–Crippen LogP) is 2.01. The van der Waals surface area contributed by atoms with Crippen LogP contribution in [0.2, 0.25) is 0 Å². The van der Waals surface area contributed by atoms with Crippen molar-refractivity contribution in [3.63, 3.8) is 0 Å². The first kappa shape index (κ1) is 23.7. The number of carbonyl (C=O) groups is 3. The van der Waals surface area contributed by atoms with E-state index in [0.29, 0.717) is 5.75 Å². The second-order valence-corrected chi connectivity index (χ2v) is 7.81. The first-order valence-electron chi connectivity index (χ1n) is 8.86. The van der Waals surface area contributed by atoms with Crippen molar-refractivity contribution in [1.29, 1.82) is 0 Å². The van der Waals surface area contributed by atoms with Gasteiger partial charge >= 0.3 is 5.97 Å². The van der Waals surface area contributed by atoms with Gasteiger partial charge in [0.1, 0.15) is 23.1 Å². The number of nitrogens with one attached hydrogen (secondary N) is 2. The van der Waals surface area contributed by atoms with Gasteiger partial charge in [-0.15, -0.1) is 0 Å².